The summed E-state index contributed by atoms with van der Waals surface area (Å²) >= 11 is 0. The Morgan fingerprint density at radius 1 is 1.31 bits per heavy atom. The second-order valence-electron chi connectivity index (χ2n) is 4.65. The van der Waals surface area contributed by atoms with Gasteiger partial charge in [-0.05, 0) is 38.8 Å². The molecule has 1 aliphatic heterocycles. The number of nitrogens with one attached hydrogen (secondary N) is 1. The molecule has 0 radical (unpaired) electrons. The predicted molar refractivity (Wildman–Crippen MR) is 62.4 cm³/mol. The number of piperidine rings is 1. The van der Waals surface area contributed by atoms with E-state index in [9.17, 15) is 0 Å². The fraction of sp³-hybridized carbons (Fsp3) is 0.833. The van der Waals surface area contributed by atoms with E-state index in [-0.39, 0.29) is 5.41 Å². The second-order valence-corrected chi connectivity index (χ2v) is 4.65. The van der Waals surface area contributed by atoms with E-state index >= 15 is 0 Å². The zero-order valence-electron chi connectivity index (χ0n) is 10.3. The minimum Gasteiger partial charge on any atom is -0.339 e. The third-order valence-electron chi connectivity index (χ3n) is 3.63. The Labute approximate surface area is 96.8 Å². The fourth-order valence-electron chi connectivity index (χ4n) is 2.42. The van der Waals surface area contributed by atoms with Crippen LogP contribution in [0.25, 0.3) is 0 Å². The Morgan fingerprint density at radius 2 is 2.06 bits per heavy atom. The van der Waals surface area contributed by atoms with Crippen molar-refractivity contribution < 1.29 is 4.52 Å². The molecule has 0 aliphatic carbocycles. The van der Waals surface area contributed by atoms with Crippen LogP contribution in [0.1, 0.15) is 51.2 Å². The van der Waals surface area contributed by atoms with Gasteiger partial charge in [0.2, 0.25) is 5.89 Å². The summed E-state index contributed by atoms with van der Waals surface area (Å²) in [6.07, 6.45) is 5.29. The second kappa shape index (κ2) is 4.95. The smallest absolute Gasteiger partial charge is 0.232 e. The molecule has 0 amide bonds. The summed E-state index contributed by atoms with van der Waals surface area (Å²) in [5.74, 6) is 1.73. The van der Waals surface area contributed by atoms with Crippen LogP contribution in [0.2, 0.25) is 0 Å². The molecule has 1 aromatic heterocycles. The van der Waals surface area contributed by atoms with Crippen molar-refractivity contribution in [2.45, 2.75) is 51.4 Å². The summed E-state index contributed by atoms with van der Waals surface area (Å²) in [6.45, 7) is 6.46. The third kappa shape index (κ3) is 2.12. The van der Waals surface area contributed by atoms with Crippen LogP contribution in [0.5, 0.6) is 0 Å². The van der Waals surface area contributed by atoms with E-state index < -0.39 is 0 Å². The Kier molecular flexibility index (Phi) is 3.59. The lowest BCUT2D eigenvalue weighted by atomic mass is 9.76. The molecule has 0 aromatic carbocycles. The summed E-state index contributed by atoms with van der Waals surface area (Å²) in [5, 5.41) is 7.45. The van der Waals surface area contributed by atoms with Gasteiger partial charge in [-0.2, -0.15) is 4.98 Å². The fourth-order valence-corrected chi connectivity index (χ4v) is 2.42. The lowest BCUT2D eigenvalue weighted by molar-refractivity contribution is 0.216. The molecule has 1 aliphatic rings. The van der Waals surface area contributed by atoms with Gasteiger partial charge in [-0.25, -0.2) is 0 Å². The maximum Gasteiger partial charge on any atom is 0.232 e. The van der Waals surface area contributed by atoms with Gasteiger partial charge < -0.3 is 9.84 Å². The number of hydrogen-bond donors (Lipinski definition) is 1. The van der Waals surface area contributed by atoms with Gasteiger partial charge in [0, 0.05) is 6.42 Å². The van der Waals surface area contributed by atoms with E-state index in [1.165, 1.54) is 0 Å². The highest BCUT2D eigenvalue weighted by atomic mass is 16.5. The highest BCUT2D eigenvalue weighted by Gasteiger charge is 2.37. The van der Waals surface area contributed by atoms with Crippen LogP contribution >= 0.6 is 0 Å². The van der Waals surface area contributed by atoms with Crippen LogP contribution in [0.3, 0.4) is 0 Å². The first-order chi connectivity index (χ1) is 7.80. The van der Waals surface area contributed by atoms with E-state index in [2.05, 4.69) is 29.3 Å². The molecule has 0 saturated carbocycles. The largest absolute Gasteiger partial charge is 0.339 e. The van der Waals surface area contributed by atoms with Gasteiger partial charge in [-0.3, -0.25) is 0 Å². The van der Waals surface area contributed by atoms with Gasteiger partial charge in [-0.15, -0.1) is 0 Å². The lowest BCUT2D eigenvalue weighted by Crippen LogP contribution is -2.39. The van der Waals surface area contributed by atoms with Gasteiger partial charge in [0.05, 0.1) is 5.41 Å². The SMILES string of the molecule is CCCc1noc(C2(CC)CCNCC2)n1. The van der Waals surface area contributed by atoms with E-state index in [1.54, 1.807) is 0 Å². The quantitative estimate of drug-likeness (QED) is 0.848. The molecule has 4 heteroatoms. The molecule has 90 valence electrons. The summed E-state index contributed by atoms with van der Waals surface area (Å²) in [6, 6.07) is 0. The van der Waals surface area contributed by atoms with Crippen molar-refractivity contribution in [1.82, 2.24) is 15.5 Å². The molecule has 1 N–H and O–H groups in total. The molecule has 1 fully saturated rings. The predicted octanol–water partition coefficient (Wildman–Crippen LogP) is 2.05. The molecular formula is C12H21N3O. The van der Waals surface area contributed by atoms with Gasteiger partial charge in [0.1, 0.15) is 0 Å². The summed E-state index contributed by atoms with van der Waals surface area (Å²) in [5.41, 5.74) is 0.129. The third-order valence-corrected chi connectivity index (χ3v) is 3.63. The number of aryl methyl sites for hydroxylation is 1. The summed E-state index contributed by atoms with van der Waals surface area (Å²) in [7, 11) is 0. The maximum atomic E-state index is 5.46. The molecule has 0 bridgehead atoms. The summed E-state index contributed by atoms with van der Waals surface area (Å²) in [4.78, 5) is 4.56. The molecular weight excluding hydrogens is 202 g/mol. The van der Waals surface area contributed by atoms with Gasteiger partial charge in [-0.1, -0.05) is 19.0 Å². The van der Waals surface area contributed by atoms with Crippen molar-refractivity contribution in [3.05, 3.63) is 11.7 Å². The van der Waals surface area contributed by atoms with Crippen molar-refractivity contribution in [1.29, 1.82) is 0 Å². The standard InChI is InChI=1S/C12H21N3O/c1-3-5-10-14-11(16-15-10)12(4-2)6-8-13-9-7-12/h13H,3-9H2,1-2H3. The van der Waals surface area contributed by atoms with Gasteiger partial charge in [0.15, 0.2) is 5.82 Å². The monoisotopic (exact) mass is 223 g/mol. The molecule has 1 aromatic rings. The highest BCUT2D eigenvalue weighted by Crippen LogP contribution is 2.35. The normalized spacial score (nSPS) is 19.9. The molecule has 0 unspecified atom stereocenters. The first kappa shape index (κ1) is 11.6. The van der Waals surface area contributed by atoms with Crippen molar-refractivity contribution in [2.24, 2.45) is 0 Å². The summed E-state index contributed by atoms with van der Waals surface area (Å²) < 4.78 is 5.46. The highest BCUT2D eigenvalue weighted by molar-refractivity contribution is 5.07. The zero-order valence-corrected chi connectivity index (χ0v) is 10.3. The topological polar surface area (TPSA) is 51.0 Å². The Hall–Kier alpha value is -0.900. The number of aromatic nitrogens is 2. The lowest BCUT2D eigenvalue weighted by Gasteiger charge is -2.33. The minimum atomic E-state index is 0.129. The van der Waals surface area contributed by atoms with Crippen molar-refractivity contribution >= 4 is 0 Å². The van der Waals surface area contributed by atoms with Crippen LogP contribution < -0.4 is 5.32 Å². The van der Waals surface area contributed by atoms with E-state index in [0.29, 0.717) is 0 Å². The average Bonchev–Trinajstić information content (AvgIpc) is 2.80. The van der Waals surface area contributed by atoms with Crippen molar-refractivity contribution in [2.75, 3.05) is 13.1 Å². The molecule has 0 spiro atoms. The first-order valence-electron chi connectivity index (χ1n) is 6.34. The van der Waals surface area contributed by atoms with Crippen LogP contribution in [-0.4, -0.2) is 23.2 Å². The van der Waals surface area contributed by atoms with Crippen molar-refractivity contribution in [3.8, 4) is 0 Å². The van der Waals surface area contributed by atoms with Crippen LogP contribution in [0, 0.1) is 0 Å². The Balaban J connectivity index is 2.18. The zero-order chi connectivity index (χ0) is 11.4. The van der Waals surface area contributed by atoms with E-state index in [0.717, 1.165) is 56.9 Å². The molecule has 2 heterocycles. The number of hydrogen-bond acceptors (Lipinski definition) is 4. The maximum absolute atomic E-state index is 5.46. The van der Waals surface area contributed by atoms with Crippen LogP contribution in [0.15, 0.2) is 4.52 Å². The Bertz CT molecular complexity index is 329. The molecule has 2 rings (SSSR count). The molecule has 16 heavy (non-hydrogen) atoms. The average molecular weight is 223 g/mol. The van der Waals surface area contributed by atoms with Gasteiger partial charge >= 0.3 is 0 Å². The molecule has 0 atom stereocenters. The minimum absolute atomic E-state index is 0.129. The van der Waals surface area contributed by atoms with Crippen molar-refractivity contribution in [3.63, 3.8) is 0 Å². The van der Waals surface area contributed by atoms with E-state index in [1.807, 2.05) is 0 Å². The van der Waals surface area contributed by atoms with Gasteiger partial charge in [0.25, 0.3) is 0 Å². The van der Waals surface area contributed by atoms with Crippen LogP contribution in [-0.2, 0) is 11.8 Å². The number of rotatable bonds is 4. The first-order valence-corrected chi connectivity index (χ1v) is 6.34. The van der Waals surface area contributed by atoms with Crippen LogP contribution in [0.4, 0.5) is 0 Å². The Morgan fingerprint density at radius 3 is 2.69 bits per heavy atom. The molecule has 4 nitrogen and oxygen atoms in total. The molecule has 1 saturated heterocycles. The van der Waals surface area contributed by atoms with E-state index in [4.69, 9.17) is 4.52 Å². The number of nitrogens with zero attached hydrogens (tertiary/aromatic N) is 2.